The van der Waals surface area contributed by atoms with Crippen LogP contribution in [0, 0.1) is 11.3 Å². The number of nitrogens with one attached hydrogen (secondary N) is 1. The third kappa shape index (κ3) is 4.82. The van der Waals surface area contributed by atoms with E-state index in [-0.39, 0.29) is 6.61 Å². The summed E-state index contributed by atoms with van der Waals surface area (Å²) in [7, 11) is 0. The van der Waals surface area contributed by atoms with Gasteiger partial charge in [0.05, 0.1) is 6.07 Å². The molecule has 21 heavy (non-hydrogen) atoms. The standard InChI is InChI=1S/C17H25N3O/c18-15-17(19-10-4-14-21)8-12-20(13-9-17)11-7-16-5-2-1-3-6-16/h1-3,5-6,19,21H,4,7-14H2. The van der Waals surface area contributed by atoms with Gasteiger partial charge in [-0.15, -0.1) is 0 Å². The second-order valence-corrected chi connectivity index (χ2v) is 5.78. The minimum atomic E-state index is -0.390. The lowest BCUT2D eigenvalue weighted by Crippen LogP contribution is -2.53. The van der Waals surface area contributed by atoms with Crippen molar-refractivity contribution in [3.8, 4) is 6.07 Å². The molecule has 4 nitrogen and oxygen atoms in total. The molecule has 1 heterocycles. The Morgan fingerprint density at radius 1 is 1.24 bits per heavy atom. The van der Waals surface area contributed by atoms with E-state index in [1.165, 1.54) is 5.56 Å². The number of aliphatic hydroxyl groups excluding tert-OH is 1. The normalized spacial score (nSPS) is 18.3. The monoisotopic (exact) mass is 287 g/mol. The zero-order valence-corrected chi connectivity index (χ0v) is 12.6. The van der Waals surface area contributed by atoms with Crippen molar-refractivity contribution >= 4 is 0 Å². The summed E-state index contributed by atoms with van der Waals surface area (Å²) in [4.78, 5) is 2.44. The molecule has 0 spiro atoms. The van der Waals surface area contributed by atoms with Gasteiger partial charge in [0.1, 0.15) is 5.54 Å². The predicted octanol–water partition coefficient (Wildman–Crippen LogP) is 1.56. The van der Waals surface area contributed by atoms with Crippen LogP contribution in [0.15, 0.2) is 30.3 Å². The molecule has 2 rings (SSSR count). The van der Waals surface area contributed by atoms with Gasteiger partial charge in [-0.1, -0.05) is 30.3 Å². The fraction of sp³-hybridized carbons (Fsp3) is 0.588. The zero-order valence-electron chi connectivity index (χ0n) is 12.6. The van der Waals surface area contributed by atoms with Crippen LogP contribution in [0.1, 0.15) is 24.8 Å². The Labute approximate surface area is 127 Å². The molecule has 1 fully saturated rings. The largest absolute Gasteiger partial charge is 0.396 e. The number of aliphatic hydroxyl groups is 1. The molecule has 2 N–H and O–H groups in total. The van der Waals surface area contributed by atoms with Crippen molar-refractivity contribution in [3.05, 3.63) is 35.9 Å². The minimum absolute atomic E-state index is 0.178. The van der Waals surface area contributed by atoms with Crippen LogP contribution in [0.5, 0.6) is 0 Å². The van der Waals surface area contributed by atoms with E-state index in [2.05, 4.69) is 40.6 Å². The molecule has 0 atom stereocenters. The molecule has 1 aliphatic heterocycles. The Morgan fingerprint density at radius 3 is 2.57 bits per heavy atom. The molecule has 1 saturated heterocycles. The van der Waals surface area contributed by atoms with E-state index >= 15 is 0 Å². The van der Waals surface area contributed by atoms with Crippen LogP contribution in [0.25, 0.3) is 0 Å². The fourth-order valence-electron chi connectivity index (χ4n) is 2.83. The molecule has 0 saturated carbocycles. The van der Waals surface area contributed by atoms with Gasteiger partial charge in [-0.05, 0) is 37.8 Å². The average Bonchev–Trinajstić information content (AvgIpc) is 2.55. The van der Waals surface area contributed by atoms with E-state index in [0.29, 0.717) is 13.0 Å². The first-order valence-corrected chi connectivity index (χ1v) is 7.81. The van der Waals surface area contributed by atoms with Crippen molar-refractivity contribution in [2.24, 2.45) is 0 Å². The Balaban J connectivity index is 1.75. The van der Waals surface area contributed by atoms with Crippen molar-refractivity contribution in [2.45, 2.75) is 31.2 Å². The highest BCUT2D eigenvalue weighted by atomic mass is 16.3. The molecule has 1 aromatic rings. The number of nitrogens with zero attached hydrogens (tertiary/aromatic N) is 2. The van der Waals surface area contributed by atoms with Crippen LogP contribution in [0.3, 0.4) is 0 Å². The summed E-state index contributed by atoms with van der Waals surface area (Å²) >= 11 is 0. The van der Waals surface area contributed by atoms with Gasteiger partial charge in [-0.2, -0.15) is 5.26 Å². The summed E-state index contributed by atoms with van der Waals surface area (Å²) in [6.45, 7) is 3.88. The van der Waals surface area contributed by atoms with Gasteiger partial charge in [-0.25, -0.2) is 0 Å². The Bertz CT molecular complexity index is 447. The van der Waals surface area contributed by atoms with E-state index in [4.69, 9.17) is 5.11 Å². The lowest BCUT2D eigenvalue weighted by molar-refractivity contribution is 0.165. The lowest BCUT2D eigenvalue weighted by Gasteiger charge is -2.38. The van der Waals surface area contributed by atoms with E-state index in [9.17, 15) is 5.26 Å². The summed E-state index contributed by atoms with van der Waals surface area (Å²) in [6.07, 6.45) is 3.51. The quantitative estimate of drug-likeness (QED) is 0.747. The molecule has 0 amide bonds. The summed E-state index contributed by atoms with van der Waals surface area (Å²) in [6, 6.07) is 13.0. The van der Waals surface area contributed by atoms with Gasteiger partial charge in [0.25, 0.3) is 0 Å². The Hall–Kier alpha value is -1.41. The molecule has 0 aromatic heterocycles. The smallest absolute Gasteiger partial charge is 0.109 e. The second kappa shape index (κ2) is 8.14. The number of hydrogen-bond acceptors (Lipinski definition) is 4. The third-order valence-corrected chi connectivity index (χ3v) is 4.28. The first kappa shape index (κ1) is 16.0. The maximum absolute atomic E-state index is 9.44. The molecular weight excluding hydrogens is 262 g/mol. The maximum atomic E-state index is 9.44. The van der Waals surface area contributed by atoms with Gasteiger partial charge in [0, 0.05) is 26.2 Å². The van der Waals surface area contributed by atoms with Gasteiger partial charge in [0.2, 0.25) is 0 Å². The molecule has 0 unspecified atom stereocenters. The van der Waals surface area contributed by atoms with Crippen LogP contribution in [-0.4, -0.2) is 48.3 Å². The van der Waals surface area contributed by atoms with Crippen LogP contribution in [-0.2, 0) is 6.42 Å². The topological polar surface area (TPSA) is 59.3 Å². The molecule has 114 valence electrons. The second-order valence-electron chi connectivity index (χ2n) is 5.78. The molecular formula is C17H25N3O. The first-order chi connectivity index (χ1) is 10.3. The number of nitriles is 1. The number of piperidine rings is 1. The van der Waals surface area contributed by atoms with E-state index < -0.39 is 5.54 Å². The van der Waals surface area contributed by atoms with Crippen LogP contribution >= 0.6 is 0 Å². The molecule has 0 radical (unpaired) electrons. The van der Waals surface area contributed by atoms with Crippen molar-refractivity contribution < 1.29 is 5.11 Å². The number of hydrogen-bond donors (Lipinski definition) is 2. The van der Waals surface area contributed by atoms with Crippen LogP contribution in [0.4, 0.5) is 0 Å². The number of benzene rings is 1. The van der Waals surface area contributed by atoms with Gasteiger partial charge < -0.3 is 10.0 Å². The highest BCUT2D eigenvalue weighted by molar-refractivity contribution is 5.15. The highest BCUT2D eigenvalue weighted by Gasteiger charge is 2.33. The Kier molecular flexibility index (Phi) is 6.19. The molecule has 0 bridgehead atoms. The predicted molar refractivity (Wildman–Crippen MR) is 83.9 cm³/mol. The summed E-state index contributed by atoms with van der Waals surface area (Å²) in [5, 5.41) is 21.6. The molecule has 1 aliphatic rings. The van der Waals surface area contributed by atoms with Gasteiger partial charge in [0.15, 0.2) is 0 Å². The Morgan fingerprint density at radius 2 is 1.95 bits per heavy atom. The van der Waals surface area contributed by atoms with Gasteiger partial charge in [-0.3, -0.25) is 5.32 Å². The molecule has 4 heteroatoms. The maximum Gasteiger partial charge on any atom is 0.109 e. The average molecular weight is 287 g/mol. The first-order valence-electron chi connectivity index (χ1n) is 7.81. The third-order valence-electron chi connectivity index (χ3n) is 4.28. The highest BCUT2D eigenvalue weighted by Crippen LogP contribution is 2.21. The lowest BCUT2D eigenvalue weighted by atomic mass is 9.88. The van der Waals surface area contributed by atoms with Crippen molar-refractivity contribution in [3.63, 3.8) is 0 Å². The SMILES string of the molecule is N#CC1(NCCCO)CCN(CCc2ccccc2)CC1. The summed E-state index contributed by atoms with van der Waals surface area (Å²) < 4.78 is 0. The summed E-state index contributed by atoms with van der Waals surface area (Å²) in [5.41, 5.74) is 0.981. The van der Waals surface area contributed by atoms with Crippen molar-refractivity contribution in [1.29, 1.82) is 5.26 Å². The van der Waals surface area contributed by atoms with E-state index in [1.54, 1.807) is 0 Å². The van der Waals surface area contributed by atoms with Gasteiger partial charge >= 0.3 is 0 Å². The number of likely N-dealkylation sites (tertiary alicyclic amines) is 1. The van der Waals surface area contributed by atoms with Crippen LogP contribution < -0.4 is 5.32 Å². The minimum Gasteiger partial charge on any atom is -0.396 e. The molecule has 0 aliphatic carbocycles. The zero-order chi connectivity index (χ0) is 15.0. The number of rotatable bonds is 7. The van der Waals surface area contributed by atoms with Crippen molar-refractivity contribution in [2.75, 3.05) is 32.8 Å². The summed E-state index contributed by atoms with van der Waals surface area (Å²) in [5.74, 6) is 0. The fourth-order valence-corrected chi connectivity index (χ4v) is 2.83. The van der Waals surface area contributed by atoms with Crippen molar-refractivity contribution in [1.82, 2.24) is 10.2 Å². The molecule has 1 aromatic carbocycles. The van der Waals surface area contributed by atoms with E-state index in [1.807, 2.05) is 6.07 Å². The van der Waals surface area contributed by atoms with E-state index in [0.717, 1.165) is 38.9 Å². The van der Waals surface area contributed by atoms with Crippen LogP contribution in [0.2, 0.25) is 0 Å².